The molecule has 6 heteroatoms. The van der Waals surface area contributed by atoms with Crippen LogP contribution in [0, 0.1) is 0 Å². The summed E-state index contributed by atoms with van der Waals surface area (Å²) in [5.41, 5.74) is 0.604. The molecule has 21 heavy (non-hydrogen) atoms. The van der Waals surface area contributed by atoms with Gasteiger partial charge in [0.25, 0.3) is 0 Å². The molecular formula is C15H16N4O2. The first-order chi connectivity index (χ1) is 10.3. The Morgan fingerprint density at radius 1 is 1.19 bits per heavy atom. The lowest BCUT2D eigenvalue weighted by atomic mass is 10.1. The van der Waals surface area contributed by atoms with Gasteiger partial charge in [-0.25, -0.2) is 4.79 Å². The topological polar surface area (TPSA) is 68.2 Å². The fraction of sp³-hybridized carbons (Fsp3) is 0.333. The number of aromatic nitrogens is 2. The highest BCUT2D eigenvalue weighted by molar-refractivity contribution is 5.72. The van der Waals surface area contributed by atoms with E-state index in [1.807, 2.05) is 24.3 Å². The molecule has 0 bridgehead atoms. The van der Waals surface area contributed by atoms with Crippen molar-refractivity contribution in [1.82, 2.24) is 14.9 Å². The number of nitrogens with zero attached hydrogens (tertiary/aromatic N) is 2. The third-order valence-electron chi connectivity index (χ3n) is 3.98. The van der Waals surface area contributed by atoms with Gasteiger partial charge < -0.3 is 15.4 Å². The number of hydrogen-bond acceptors (Lipinski definition) is 5. The van der Waals surface area contributed by atoms with Gasteiger partial charge in [-0.05, 0) is 38.1 Å². The van der Waals surface area contributed by atoms with E-state index in [2.05, 4.69) is 15.6 Å². The quantitative estimate of drug-likeness (QED) is 0.715. The summed E-state index contributed by atoms with van der Waals surface area (Å²) in [6.45, 7) is 1.85. The van der Waals surface area contributed by atoms with Crippen LogP contribution in [-0.4, -0.2) is 22.6 Å². The molecule has 0 spiro atoms. The molecule has 2 aromatic rings. The largest absolute Gasteiger partial charge is 0.450 e. The zero-order valence-corrected chi connectivity index (χ0v) is 11.5. The molecule has 0 atom stereocenters. The van der Waals surface area contributed by atoms with Gasteiger partial charge in [-0.1, -0.05) is 12.1 Å². The van der Waals surface area contributed by atoms with E-state index >= 15 is 0 Å². The molecule has 1 aromatic carbocycles. The molecule has 4 rings (SSSR count). The van der Waals surface area contributed by atoms with Crippen molar-refractivity contribution in [1.29, 1.82) is 0 Å². The summed E-state index contributed by atoms with van der Waals surface area (Å²) in [6.07, 6.45) is 3.65. The molecule has 1 fully saturated rings. The van der Waals surface area contributed by atoms with Crippen molar-refractivity contribution >= 4 is 11.5 Å². The van der Waals surface area contributed by atoms with Crippen LogP contribution in [0.5, 0.6) is 11.5 Å². The van der Waals surface area contributed by atoms with Gasteiger partial charge in [-0.3, -0.25) is 4.57 Å². The highest BCUT2D eigenvalue weighted by Crippen LogP contribution is 2.39. The summed E-state index contributed by atoms with van der Waals surface area (Å²) in [4.78, 5) is 16.4. The van der Waals surface area contributed by atoms with Crippen molar-refractivity contribution in [2.24, 2.45) is 0 Å². The Bertz CT molecular complexity index is 735. The molecule has 0 unspecified atom stereocenters. The number of para-hydroxylation sites is 2. The van der Waals surface area contributed by atoms with Crippen LogP contribution in [0.3, 0.4) is 0 Å². The third kappa shape index (κ3) is 2.17. The Morgan fingerprint density at radius 2 is 2.00 bits per heavy atom. The third-order valence-corrected chi connectivity index (χ3v) is 3.98. The van der Waals surface area contributed by atoms with E-state index in [-0.39, 0.29) is 11.7 Å². The number of fused-ring (bicyclic) bond motifs is 2. The molecule has 1 aromatic heterocycles. The number of ether oxygens (including phenoxy) is 1. The summed E-state index contributed by atoms with van der Waals surface area (Å²) in [6, 6.07) is 7.82. The van der Waals surface area contributed by atoms with E-state index < -0.39 is 0 Å². The second-order valence-corrected chi connectivity index (χ2v) is 5.35. The molecule has 2 N–H and O–H groups in total. The lowest BCUT2D eigenvalue weighted by molar-refractivity contribution is 0.350. The van der Waals surface area contributed by atoms with Crippen molar-refractivity contribution < 1.29 is 4.74 Å². The zero-order chi connectivity index (χ0) is 14.2. The molecule has 6 nitrogen and oxygen atoms in total. The lowest BCUT2D eigenvalue weighted by Gasteiger charge is -2.26. The standard InChI is InChI=1S/C15H16N4O2/c20-15-18-14-13(9-19(15)10-5-7-16-8-6-10)21-12-4-2-1-3-11(12)17-14/h1-4,9-10,16H,5-8H2,(H,17,18,20). The minimum Gasteiger partial charge on any atom is -0.450 e. The second-order valence-electron chi connectivity index (χ2n) is 5.35. The van der Waals surface area contributed by atoms with E-state index in [1.165, 1.54) is 0 Å². The van der Waals surface area contributed by atoms with Gasteiger partial charge in [-0.15, -0.1) is 0 Å². The lowest BCUT2D eigenvalue weighted by Crippen LogP contribution is -2.35. The smallest absolute Gasteiger partial charge is 0.350 e. The van der Waals surface area contributed by atoms with E-state index in [1.54, 1.807) is 10.8 Å². The maximum absolute atomic E-state index is 12.2. The number of piperidine rings is 1. The van der Waals surface area contributed by atoms with Crippen molar-refractivity contribution in [3.8, 4) is 11.5 Å². The van der Waals surface area contributed by atoms with Gasteiger partial charge in [0.15, 0.2) is 17.3 Å². The van der Waals surface area contributed by atoms with Gasteiger partial charge in [-0.2, -0.15) is 4.98 Å². The molecule has 108 valence electrons. The van der Waals surface area contributed by atoms with Crippen LogP contribution < -0.4 is 21.1 Å². The Hall–Kier alpha value is -2.34. The molecule has 3 heterocycles. The van der Waals surface area contributed by atoms with Crippen LogP contribution in [0.1, 0.15) is 18.9 Å². The van der Waals surface area contributed by atoms with Crippen LogP contribution in [0.4, 0.5) is 11.5 Å². The number of hydrogen-bond donors (Lipinski definition) is 2. The second kappa shape index (κ2) is 4.89. The first-order valence-electron chi connectivity index (χ1n) is 7.19. The number of anilines is 2. The van der Waals surface area contributed by atoms with Gasteiger partial charge in [0.2, 0.25) is 0 Å². The van der Waals surface area contributed by atoms with Gasteiger partial charge in [0.1, 0.15) is 0 Å². The van der Waals surface area contributed by atoms with Crippen molar-refractivity contribution in [3.05, 3.63) is 40.9 Å². The molecule has 0 amide bonds. The Morgan fingerprint density at radius 3 is 2.86 bits per heavy atom. The number of nitrogens with one attached hydrogen (secondary N) is 2. The summed E-state index contributed by atoms with van der Waals surface area (Å²) in [5.74, 6) is 1.85. The monoisotopic (exact) mass is 284 g/mol. The van der Waals surface area contributed by atoms with E-state index in [0.717, 1.165) is 37.4 Å². The average molecular weight is 284 g/mol. The predicted octanol–water partition coefficient (Wildman–Crippen LogP) is 2.02. The fourth-order valence-electron chi connectivity index (χ4n) is 2.87. The van der Waals surface area contributed by atoms with Crippen molar-refractivity contribution in [2.75, 3.05) is 18.4 Å². The van der Waals surface area contributed by atoms with Gasteiger partial charge in [0.05, 0.1) is 11.9 Å². The normalized spacial score (nSPS) is 17.3. The minimum absolute atomic E-state index is 0.192. The maximum atomic E-state index is 12.2. The highest BCUT2D eigenvalue weighted by Gasteiger charge is 2.22. The summed E-state index contributed by atoms with van der Waals surface area (Å²) >= 11 is 0. The Balaban J connectivity index is 1.73. The molecular weight excluding hydrogens is 268 g/mol. The fourth-order valence-corrected chi connectivity index (χ4v) is 2.87. The molecule has 0 radical (unpaired) electrons. The average Bonchev–Trinajstić information content (AvgIpc) is 2.53. The molecule has 2 aliphatic rings. The molecule has 2 aliphatic heterocycles. The van der Waals surface area contributed by atoms with E-state index in [9.17, 15) is 4.79 Å². The van der Waals surface area contributed by atoms with Gasteiger partial charge in [0, 0.05) is 6.04 Å². The van der Waals surface area contributed by atoms with Gasteiger partial charge >= 0.3 is 5.69 Å². The summed E-state index contributed by atoms with van der Waals surface area (Å²) in [5, 5.41) is 6.45. The predicted molar refractivity (Wildman–Crippen MR) is 79.4 cm³/mol. The molecule has 0 saturated carbocycles. The van der Waals surface area contributed by atoms with Crippen LogP contribution >= 0.6 is 0 Å². The molecule has 0 aliphatic carbocycles. The van der Waals surface area contributed by atoms with Crippen LogP contribution in [-0.2, 0) is 0 Å². The Kier molecular flexibility index (Phi) is 2.89. The van der Waals surface area contributed by atoms with Crippen molar-refractivity contribution in [3.63, 3.8) is 0 Å². The minimum atomic E-state index is -0.226. The first-order valence-corrected chi connectivity index (χ1v) is 7.19. The summed E-state index contributed by atoms with van der Waals surface area (Å²) < 4.78 is 7.57. The Labute approximate surface area is 121 Å². The van der Waals surface area contributed by atoms with Crippen LogP contribution in [0.25, 0.3) is 0 Å². The number of benzene rings is 1. The van der Waals surface area contributed by atoms with E-state index in [0.29, 0.717) is 11.6 Å². The van der Waals surface area contributed by atoms with Crippen LogP contribution in [0.15, 0.2) is 35.3 Å². The molecule has 1 saturated heterocycles. The maximum Gasteiger partial charge on any atom is 0.350 e. The summed E-state index contributed by atoms with van der Waals surface area (Å²) in [7, 11) is 0. The highest BCUT2D eigenvalue weighted by atomic mass is 16.5. The SMILES string of the molecule is O=c1nc2c(cn1C1CCNCC1)Oc1ccccc1N2. The number of rotatable bonds is 1. The van der Waals surface area contributed by atoms with Crippen molar-refractivity contribution in [2.45, 2.75) is 18.9 Å². The van der Waals surface area contributed by atoms with E-state index in [4.69, 9.17) is 4.74 Å². The first kappa shape index (κ1) is 12.4. The zero-order valence-electron chi connectivity index (χ0n) is 11.5. The van der Waals surface area contributed by atoms with Crippen LogP contribution in [0.2, 0.25) is 0 Å².